The summed E-state index contributed by atoms with van der Waals surface area (Å²) in [6, 6.07) is 4.30. The van der Waals surface area contributed by atoms with Crippen LogP contribution in [0.3, 0.4) is 0 Å². The van der Waals surface area contributed by atoms with Crippen LogP contribution in [0.4, 0.5) is 5.82 Å². The van der Waals surface area contributed by atoms with Crippen molar-refractivity contribution in [3.63, 3.8) is 0 Å². The summed E-state index contributed by atoms with van der Waals surface area (Å²) in [5, 5.41) is 12.0. The van der Waals surface area contributed by atoms with E-state index in [0.717, 1.165) is 37.3 Å². The summed E-state index contributed by atoms with van der Waals surface area (Å²) in [6.07, 6.45) is 0. The summed E-state index contributed by atoms with van der Waals surface area (Å²) >= 11 is 5.75. The van der Waals surface area contributed by atoms with Crippen LogP contribution in [-0.4, -0.2) is 35.9 Å². The van der Waals surface area contributed by atoms with Crippen molar-refractivity contribution in [3.8, 4) is 0 Å². The van der Waals surface area contributed by atoms with E-state index in [-0.39, 0.29) is 0 Å². The van der Waals surface area contributed by atoms with E-state index in [1.807, 2.05) is 12.1 Å². The second-order valence-electron chi connectivity index (χ2n) is 4.69. The van der Waals surface area contributed by atoms with Crippen LogP contribution in [0.2, 0.25) is 5.15 Å². The van der Waals surface area contributed by atoms with Crippen molar-refractivity contribution < 1.29 is 0 Å². The van der Waals surface area contributed by atoms with Crippen LogP contribution in [-0.2, 0) is 0 Å². The maximum atomic E-state index is 5.75. The predicted molar refractivity (Wildman–Crippen MR) is 63.7 cm³/mol. The maximum Gasteiger partial charge on any atom is 0.151 e. The minimum absolute atomic E-state index is 0.456. The molecule has 3 unspecified atom stereocenters. The van der Waals surface area contributed by atoms with E-state index in [1.54, 1.807) is 0 Å². The molecule has 2 aliphatic rings. The minimum Gasteiger partial charge on any atom is -0.352 e. The summed E-state index contributed by atoms with van der Waals surface area (Å²) in [6.45, 7) is 5.61. The Labute approximate surface area is 100.0 Å². The average Bonchev–Trinajstić information content (AvgIpc) is 2.84. The molecular weight excluding hydrogens is 224 g/mol. The number of rotatable bonds is 1. The maximum absolute atomic E-state index is 5.75. The first kappa shape index (κ1) is 10.3. The number of nitrogens with zero attached hydrogens (tertiary/aromatic N) is 3. The zero-order valence-electron chi connectivity index (χ0n) is 9.23. The van der Waals surface area contributed by atoms with Gasteiger partial charge in [0.05, 0.1) is 0 Å². The fraction of sp³-hybridized carbons (Fsp3) is 0.636. The molecule has 0 radical (unpaired) electrons. The third kappa shape index (κ3) is 1.57. The van der Waals surface area contributed by atoms with Gasteiger partial charge >= 0.3 is 0 Å². The summed E-state index contributed by atoms with van der Waals surface area (Å²) in [5.74, 6) is 2.45. The lowest BCUT2D eigenvalue weighted by molar-refractivity contribution is 0.471. The molecule has 1 aromatic heterocycles. The van der Waals surface area contributed by atoms with Crippen LogP contribution in [0.1, 0.15) is 6.92 Å². The van der Waals surface area contributed by atoms with E-state index in [1.165, 1.54) is 0 Å². The summed E-state index contributed by atoms with van der Waals surface area (Å²) in [4.78, 5) is 2.35. The number of fused-ring (bicyclic) bond motifs is 1. The molecule has 2 fully saturated rings. The molecule has 86 valence electrons. The zero-order chi connectivity index (χ0) is 11.1. The molecule has 3 rings (SSSR count). The molecule has 2 aliphatic heterocycles. The van der Waals surface area contributed by atoms with Crippen molar-refractivity contribution in [2.24, 2.45) is 11.8 Å². The summed E-state index contributed by atoms with van der Waals surface area (Å²) < 4.78 is 0. The summed E-state index contributed by atoms with van der Waals surface area (Å²) in [7, 11) is 0. The number of hydrogen-bond donors (Lipinski definition) is 1. The van der Waals surface area contributed by atoms with Gasteiger partial charge in [-0.2, -0.15) is 0 Å². The molecule has 3 heterocycles. The molecule has 0 spiro atoms. The Hall–Kier alpha value is -0.870. The van der Waals surface area contributed by atoms with Crippen LogP contribution in [0, 0.1) is 11.8 Å². The highest BCUT2D eigenvalue weighted by molar-refractivity contribution is 6.29. The predicted octanol–water partition coefficient (Wildman–Crippen LogP) is 1.17. The van der Waals surface area contributed by atoms with E-state index >= 15 is 0 Å². The molecular formula is C11H15ClN4. The standard InChI is InChI=1S/C11H15ClN4/c1-7-9-5-13-4-8(9)6-16(7)11-3-2-10(12)14-15-11/h2-3,7-9,13H,4-6H2,1H3. The Morgan fingerprint density at radius 3 is 2.94 bits per heavy atom. The van der Waals surface area contributed by atoms with Crippen LogP contribution in [0.25, 0.3) is 0 Å². The first-order valence-corrected chi connectivity index (χ1v) is 6.10. The highest BCUT2D eigenvalue weighted by Crippen LogP contribution is 2.34. The average molecular weight is 239 g/mol. The number of anilines is 1. The third-order valence-electron chi connectivity index (χ3n) is 3.85. The number of hydrogen-bond acceptors (Lipinski definition) is 4. The second-order valence-corrected chi connectivity index (χ2v) is 5.08. The van der Waals surface area contributed by atoms with Gasteiger partial charge in [0.15, 0.2) is 11.0 Å². The smallest absolute Gasteiger partial charge is 0.151 e. The molecule has 0 aromatic carbocycles. The fourth-order valence-corrected chi connectivity index (χ4v) is 3.03. The molecule has 0 bridgehead atoms. The molecule has 0 aliphatic carbocycles. The van der Waals surface area contributed by atoms with Gasteiger partial charge in [0.25, 0.3) is 0 Å². The van der Waals surface area contributed by atoms with E-state index in [9.17, 15) is 0 Å². The van der Waals surface area contributed by atoms with Crippen LogP contribution in [0.15, 0.2) is 12.1 Å². The van der Waals surface area contributed by atoms with Gasteiger partial charge in [-0.15, -0.1) is 10.2 Å². The second kappa shape index (κ2) is 3.86. The van der Waals surface area contributed by atoms with E-state index < -0.39 is 0 Å². The lowest BCUT2D eigenvalue weighted by atomic mass is 9.95. The quantitative estimate of drug-likeness (QED) is 0.798. The van der Waals surface area contributed by atoms with Crippen molar-refractivity contribution in [3.05, 3.63) is 17.3 Å². The number of aromatic nitrogens is 2. The van der Waals surface area contributed by atoms with Crippen molar-refractivity contribution in [1.29, 1.82) is 0 Å². The monoisotopic (exact) mass is 238 g/mol. The molecule has 3 atom stereocenters. The van der Waals surface area contributed by atoms with Crippen LogP contribution in [0.5, 0.6) is 0 Å². The van der Waals surface area contributed by atoms with Gasteiger partial charge < -0.3 is 10.2 Å². The SMILES string of the molecule is CC1C2CNCC2CN1c1ccc(Cl)nn1. The molecule has 16 heavy (non-hydrogen) atoms. The lowest BCUT2D eigenvalue weighted by Crippen LogP contribution is -2.33. The van der Waals surface area contributed by atoms with Crippen LogP contribution >= 0.6 is 11.6 Å². The van der Waals surface area contributed by atoms with E-state index in [4.69, 9.17) is 11.6 Å². The van der Waals surface area contributed by atoms with Crippen LogP contribution < -0.4 is 10.2 Å². The molecule has 0 saturated carbocycles. The largest absolute Gasteiger partial charge is 0.352 e. The van der Waals surface area contributed by atoms with Gasteiger partial charge in [0, 0.05) is 25.7 Å². The third-order valence-corrected chi connectivity index (χ3v) is 4.05. The topological polar surface area (TPSA) is 41.0 Å². The Bertz CT molecular complexity index is 380. The van der Waals surface area contributed by atoms with Gasteiger partial charge in [-0.05, 0) is 30.9 Å². The normalized spacial score (nSPS) is 33.1. The minimum atomic E-state index is 0.456. The van der Waals surface area contributed by atoms with Crippen molar-refractivity contribution in [2.75, 3.05) is 24.5 Å². The molecule has 4 nitrogen and oxygen atoms in total. The Morgan fingerprint density at radius 2 is 2.25 bits per heavy atom. The Balaban J connectivity index is 1.83. The highest BCUT2D eigenvalue weighted by atomic mass is 35.5. The fourth-order valence-electron chi connectivity index (χ4n) is 2.93. The zero-order valence-corrected chi connectivity index (χ0v) is 9.98. The Kier molecular flexibility index (Phi) is 2.48. The molecule has 2 saturated heterocycles. The lowest BCUT2D eigenvalue weighted by Gasteiger charge is -2.24. The van der Waals surface area contributed by atoms with Crippen molar-refractivity contribution >= 4 is 17.4 Å². The number of nitrogens with one attached hydrogen (secondary N) is 1. The molecule has 5 heteroatoms. The van der Waals surface area contributed by atoms with Gasteiger partial charge in [-0.1, -0.05) is 11.6 Å². The van der Waals surface area contributed by atoms with E-state index in [0.29, 0.717) is 11.2 Å². The van der Waals surface area contributed by atoms with E-state index in [2.05, 4.69) is 27.3 Å². The first-order valence-electron chi connectivity index (χ1n) is 5.72. The van der Waals surface area contributed by atoms with Crippen molar-refractivity contribution in [2.45, 2.75) is 13.0 Å². The molecule has 1 aromatic rings. The van der Waals surface area contributed by atoms with Gasteiger partial charge in [-0.25, -0.2) is 0 Å². The first-order chi connectivity index (χ1) is 7.75. The van der Waals surface area contributed by atoms with Gasteiger partial charge in [0.1, 0.15) is 0 Å². The number of halogens is 1. The van der Waals surface area contributed by atoms with Crippen molar-refractivity contribution in [1.82, 2.24) is 15.5 Å². The molecule has 0 amide bonds. The van der Waals surface area contributed by atoms with Gasteiger partial charge in [0.2, 0.25) is 0 Å². The highest BCUT2D eigenvalue weighted by Gasteiger charge is 2.42. The molecule has 1 N–H and O–H groups in total. The van der Waals surface area contributed by atoms with Gasteiger partial charge in [-0.3, -0.25) is 0 Å². The summed E-state index contributed by atoms with van der Waals surface area (Å²) in [5.41, 5.74) is 0. The Morgan fingerprint density at radius 1 is 1.38 bits per heavy atom.